The smallest absolute Gasteiger partial charge is 0.244 e. The molecule has 1 N–H and O–H groups in total. The Labute approximate surface area is 206 Å². The minimum atomic E-state index is -4.05. The van der Waals surface area contributed by atoms with E-state index in [2.05, 4.69) is 21.2 Å². The molecule has 33 heavy (non-hydrogen) atoms. The molecule has 1 amide bonds. The fraction of sp³-hybridized carbons (Fsp3) is 0.208. The van der Waals surface area contributed by atoms with Crippen molar-refractivity contribution in [3.63, 3.8) is 0 Å². The van der Waals surface area contributed by atoms with Crippen LogP contribution >= 0.6 is 27.5 Å². The monoisotopic (exact) mass is 552 g/mol. The molecule has 5 nitrogen and oxygen atoms in total. The Balaban J connectivity index is 1.97. The molecule has 0 heterocycles. The molecule has 0 bridgehead atoms. The number of anilines is 1. The Hall–Kier alpha value is -2.26. The van der Waals surface area contributed by atoms with Gasteiger partial charge < -0.3 is 5.32 Å². The summed E-state index contributed by atoms with van der Waals surface area (Å²) in [6, 6.07) is 14.5. The summed E-state index contributed by atoms with van der Waals surface area (Å²) in [5, 5.41) is 2.98. The number of nitrogens with one attached hydrogen (secondary N) is 1. The summed E-state index contributed by atoms with van der Waals surface area (Å²) < 4.78 is 43.2. The Morgan fingerprint density at radius 2 is 1.64 bits per heavy atom. The third kappa shape index (κ3) is 6.20. The van der Waals surface area contributed by atoms with Crippen LogP contribution in [0.15, 0.2) is 64.0 Å². The van der Waals surface area contributed by atoms with E-state index >= 15 is 0 Å². The van der Waals surface area contributed by atoms with Gasteiger partial charge in [-0.2, -0.15) is 4.31 Å². The fourth-order valence-corrected chi connectivity index (χ4v) is 5.92. The predicted molar refractivity (Wildman–Crippen MR) is 132 cm³/mol. The summed E-state index contributed by atoms with van der Waals surface area (Å²) >= 11 is 9.12. The SMILES string of the molecule is Cc1cc(C)c(S(=O)(=O)N(CC(=O)Nc2ccc(Br)cc2F)Cc2ccc(Cl)cc2)c(C)c1. The number of sulfonamides is 1. The average molecular weight is 554 g/mol. The van der Waals surface area contributed by atoms with Crippen molar-refractivity contribution in [3.05, 3.63) is 92.2 Å². The molecular weight excluding hydrogens is 531 g/mol. The number of hydrogen-bond acceptors (Lipinski definition) is 3. The number of carbonyl (C=O) groups excluding carboxylic acids is 1. The molecule has 174 valence electrons. The minimum Gasteiger partial charge on any atom is -0.322 e. The highest BCUT2D eigenvalue weighted by Crippen LogP contribution is 2.27. The van der Waals surface area contributed by atoms with Gasteiger partial charge in [0.1, 0.15) is 5.82 Å². The number of rotatable bonds is 7. The van der Waals surface area contributed by atoms with Gasteiger partial charge in [-0.1, -0.05) is 57.4 Å². The van der Waals surface area contributed by atoms with Crippen molar-refractivity contribution in [1.29, 1.82) is 0 Å². The van der Waals surface area contributed by atoms with E-state index in [0.717, 1.165) is 9.87 Å². The lowest BCUT2D eigenvalue weighted by atomic mass is 10.1. The first-order valence-electron chi connectivity index (χ1n) is 10.0. The molecule has 0 aliphatic carbocycles. The van der Waals surface area contributed by atoms with Gasteiger partial charge in [-0.25, -0.2) is 12.8 Å². The third-order valence-electron chi connectivity index (χ3n) is 5.00. The van der Waals surface area contributed by atoms with Crippen LogP contribution in [0.4, 0.5) is 10.1 Å². The Bertz CT molecular complexity index is 1270. The van der Waals surface area contributed by atoms with Crippen LogP contribution in [0.2, 0.25) is 5.02 Å². The van der Waals surface area contributed by atoms with Crippen molar-refractivity contribution in [1.82, 2.24) is 4.31 Å². The van der Waals surface area contributed by atoms with E-state index in [1.54, 1.807) is 56.3 Å². The maximum atomic E-state index is 14.2. The highest BCUT2D eigenvalue weighted by atomic mass is 79.9. The largest absolute Gasteiger partial charge is 0.322 e. The maximum Gasteiger partial charge on any atom is 0.244 e. The standard InChI is InChI=1S/C24H23BrClFN2O3S/c1-15-10-16(2)24(17(3)11-15)33(31,32)29(13-18-4-7-20(26)8-5-18)14-23(30)28-22-9-6-19(25)12-21(22)27/h4-12H,13-14H2,1-3H3,(H,28,30). The highest BCUT2D eigenvalue weighted by Gasteiger charge is 2.30. The second-order valence-corrected chi connectivity index (χ2v) is 11.0. The molecule has 0 saturated heterocycles. The molecule has 9 heteroatoms. The van der Waals surface area contributed by atoms with Gasteiger partial charge in [0.2, 0.25) is 15.9 Å². The summed E-state index contributed by atoms with van der Waals surface area (Å²) in [7, 11) is -4.05. The zero-order valence-corrected chi connectivity index (χ0v) is 21.5. The van der Waals surface area contributed by atoms with Crippen LogP contribution in [0.25, 0.3) is 0 Å². The molecule has 0 atom stereocenters. The van der Waals surface area contributed by atoms with Gasteiger partial charge in [-0.3, -0.25) is 4.79 Å². The molecule has 0 fully saturated rings. The van der Waals surface area contributed by atoms with Gasteiger partial charge in [-0.05, 0) is 67.8 Å². The molecule has 0 aliphatic heterocycles. The van der Waals surface area contributed by atoms with Crippen LogP contribution in [-0.2, 0) is 21.4 Å². The lowest BCUT2D eigenvalue weighted by Crippen LogP contribution is -2.38. The number of hydrogen-bond donors (Lipinski definition) is 1. The third-order valence-corrected chi connectivity index (χ3v) is 7.84. The number of halogens is 3. The number of amides is 1. The quantitative estimate of drug-likeness (QED) is 0.390. The highest BCUT2D eigenvalue weighted by molar-refractivity contribution is 9.10. The fourth-order valence-electron chi connectivity index (χ4n) is 3.66. The van der Waals surface area contributed by atoms with E-state index in [1.165, 1.54) is 12.1 Å². The maximum absolute atomic E-state index is 14.2. The summed E-state index contributed by atoms with van der Waals surface area (Å²) in [5.41, 5.74) is 2.75. The summed E-state index contributed by atoms with van der Waals surface area (Å²) in [6.07, 6.45) is 0. The second kappa shape index (κ2) is 10.3. The van der Waals surface area contributed by atoms with Crippen LogP contribution in [0.1, 0.15) is 22.3 Å². The summed E-state index contributed by atoms with van der Waals surface area (Å²) in [4.78, 5) is 12.9. The van der Waals surface area contributed by atoms with Crippen molar-refractivity contribution in [2.45, 2.75) is 32.2 Å². The van der Waals surface area contributed by atoms with Crippen molar-refractivity contribution in [2.75, 3.05) is 11.9 Å². The molecule has 0 aliphatic rings. The first-order chi connectivity index (χ1) is 15.5. The Morgan fingerprint density at radius 1 is 1.03 bits per heavy atom. The zero-order chi connectivity index (χ0) is 24.3. The molecule has 3 aromatic rings. The van der Waals surface area contributed by atoms with E-state index in [4.69, 9.17) is 11.6 Å². The number of aryl methyl sites for hydroxylation is 3. The van der Waals surface area contributed by atoms with Gasteiger partial charge in [0.25, 0.3) is 0 Å². The van der Waals surface area contributed by atoms with Crippen LogP contribution in [0, 0.1) is 26.6 Å². The van der Waals surface area contributed by atoms with Crippen molar-refractivity contribution in [2.24, 2.45) is 0 Å². The van der Waals surface area contributed by atoms with Gasteiger partial charge in [0.15, 0.2) is 0 Å². The van der Waals surface area contributed by atoms with Crippen LogP contribution in [-0.4, -0.2) is 25.2 Å². The minimum absolute atomic E-state index is 0.0327. The second-order valence-electron chi connectivity index (χ2n) is 7.80. The average Bonchev–Trinajstić information content (AvgIpc) is 2.70. The Morgan fingerprint density at radius 3 is 2.21 bits per heavy atom. The van der Waals surface area contributed by atoms with Gasteiger partial charge in [0.05, 0.1) is 17.1 Å². The summed E-state index contributed by atoms with van der Waals surface area (Å²) in [5.74, 6) is -1.29. The van der Waals surface area contributed by atoms with Crippen LogP contribution in [0.5, 0.6) is 0 Å². The molecule has 0 aromatic heterocycles. The zero-order valence-electron chi connectivity index (χ0n) is 18.3. The molecule has 0 radical (unpaired) electrons. The number of benzene rings is 3. The molecule has 0 spiro atoms. The lowest BCUT2D eigenvalue weighted by Gasteiger charge is -2.24. The lowest BCUT2D eigenvalue weighted by molar-refractivity contribution is -0.116. The van der Waals surface area contributed by atoms with E-state index in [9.17, 15) is 17.6 Å². The summed E-state index contributed by atoms with van der Waals surface area (Å²) in [6.45, 7) is 4.80. The van der Waals surface area contributed by atoms with Gasteiger partial charge in [-0.15, -0.1) is 0 Å². The van der Waals surface area contributed by atoms with Crippen molar-refractivity contribution >= 4 is 49.1 Å². The molecular formula is C24H23BrClFN2O3S. The van der Waals surface area contributed by atoms with E-state index < -0.39 is 28.3 Å². The Kier molecular flexibility index (Phi) is 7.95. The number of nitrogens with zero attached hydrogens (tertiary/aromatic N) is 1. The topological polar surface area (TPSA) is 66.5 Å². The van der Waals surface area contributed by atoms with E-state index in [0.29, 0.717) is 26.2 Å². The van der Waals surface area contributed by atoms with Gasteiger partial charge in [0, 0.05) is 16.0 Å². The van der Waals surface area contributed by atoms with Gasteiger partial charge >= 0.3 is 0 Å². The number of carbonyl (C=O) groups is 1. The molecule has 3 rings (SSSR count). The van der Waals surface area contributed by atoms with Crippen LogP contribution in [0.3, 0.4) is 0 Å². The first kappa shape index (κ1) is 25.4. The first-order valence-corrected chi connectivity index (χ1v) is 12.7. The molecule has 0 saturated carbocycles. The normalized spacial score (nSPS) is 11.6. The van der Waals surface area contributed by atoms with Crippen molar-refractivity contribution < 1.29 is 17.6 Å². The van der Waals surface area contributed by atoms with E-state index in [-0.39, 0.29) is 17.1 Å². The van der Waals surface area contributed by atoms with Crippen molar-refractivity contribution in [3.8, 4) is 0 Å². The van der Waals surface area contributed by atoms with E-state index in [1.807, 2.05) is 6.92 Å². The van der Waals surface area contributed by atoms with Crippen LogP contribution < -0.4 is 5.32 Å². The molecule has 3 aromatic carbocycles. The predicted octanol–water partition coefficient (Wildman–Crippen LogP) is 6.00. The molecule has 0 unspecified atom stereocenters.